The Morgan fingerprint density at radius 1 is 1.42 bits per heavy atom. The molecule has 0 saturated heterocycles. The monoisotopic (exact) mass is 267 g/mol. The van der Waals surface area contributed by atoms with Gasteiger partial charge in [0, 0.05) is 12.1 Å². The van der Waals surface area contributed by atoms with Gasteiger partial charge in [-0.05, 0) is 37.7 Å². The van der Waals surface area contributed by atoms with Crippen molar-refractivity contribution < 1.29 is 14.1 Å². The van der Waals surface area contributed by atoms with Crippen molar-refractivity contribution in [3.63, 3.8) is 0 Å². The van der Waals surface area contributed by atoms with Crippen LogP contribution in [0.3, 0.4) is 0 Å². The molecule has 0 radical (unpaired) electrons. The average Bonchev–Trinajstić information content (AvgIpc) is 2.39. The zero-order valence-electron chi connectivity index (χ0n) is 11.0. The molecule has 2 atom stereocenters. The van der Waals surface area contributed by atoms with Crippen molar-refractivity contribution in [1.29, 1.82) is 0 Å². The van der Waals surface area contributed by atoms with E-state index in [-0.39, 0.29) is 6.10 Å². The van der Waals surface area contributed by atoms with Crippen molar-refractivity contribution in [2.45, 2.75) is 45.1 Å². The van der Waals surface area contributed by atoms with Crippen LogP contribution < -0.4 is 4.74 Å². The number of nitro benzene ring substituents is 1. The summed E-state index contributed by atoms with van der Waals surface area (Å²) in [5.74, 6) is 0.0341. The minimum Gasteiger partial charge on any atom is -0.490 e. The lowest BCUT2D eigenvalue weighted by Crippen LogP contribution is -2.29. The summed E-state index contributed by atoms with van der Waals surface area (Å²) in [6, 6.07) is 3.75. The highest BCUT2D eigenvalue weighted by atomic mass is 19.1. The second-order valence-electron chi connectivity index (χ2n) is 4.98. The summed E-state index contributed by atoms with van der Waals surface area (Å²) < 4.78 is 19.3. The fourth-order valence-electron chi connectivity index (χ4n) is 2.68. The number of nitrogens with zero attached hydrogens (tertiary/aromatic N) is 1. The zero-order chi connectivity index (χ0) is 13.8. The molecule has 0 heterocycles. The van der Waals surface area contributed by atoms with Crippen LogP contribution in [0.4, 0.5) is 10.1 Å². The van der Waals surface area contributed by atoms with Crippen LogP contribution >= 0.6 is 0 Å². The van der Waals surface area contributed by atoms with Gasteiger partial charge in [0.25, 0.3) is 0 Å². The van der Waals surface area contributed by atoms with Crippen molar-refractivity contribution in [1.82, 2.24) is 0 Å². The molecule has 0 N–H and O–H groups in total. The van der Waals surface area contributed by atoms with Crippen LogP contribution in [0.1, 0.15) is 39.0 Å². The Bertz CT molecular complexity index is 464. The molecule has 5 heteroatoms. The molecule has 2 rings (SSSR count). The second kappa shape index (κ2) is 5.99. The standard InChI is InChI=1S/C14H18FNO3/c1-2-10-5-3-4-6-14(10)19-11-7-8-13(16(17)18)12(15)9-11/h7-10,14H,2-6H2,1H3. The number of halogens is 1. The molecule has 0 amide bonds. The smallest absolute Gasteiger partial charge is 0.305 e. The molecular formula is C14H18FNO3. The summed E-state index contributed by atoms with van der Waals surface area (Å²) in [6.07, 6.45) is 5.58. The largest absolute Gasteiger partial charge is 0.490 e. The minimum absolute atomic E-state index is 0.0969. The molecular weight excluding hydrogens is 249 g/mol. The van der Waals surface area contributed by atoms with Gasteiger partial charge in [-0.3, -0.25) is 10.1 Å². The topological polar surface area (TPSA) is 52.4 Å². The van der Waals surface area contributed by atoms with E-state index >= 15 is 0 Å². The Hall–Kier alpha value is -1.65. The summed E-state index contributed by atoms with van der Waals surface area (Å²) in [5.41, 5.74) is -0.511. The summed E-state index contributed by atoms with van der Waals surface area (Å²) in [4.78, 5) is 9.82. The summed E-state index contributed by atoms with van der Waals surface area (Å²) >= 11 is 0. The number of ether oxygens (including phenoxy) is 1. The summed E-state index contributed by atoms with van der Waals surface area (Å²) in [5, 5.41) is 10.5. The lowest BCUT2D eigenvalue weighted by molar-refractivity contribution is -0.387. The number of hydrogen-bond acceptors (Lipinski definition) is 3. The molecule has 1 fully saturated rings. The van der Waals surface area contributed by atoms with E-state index in [1.165, 1.54) is 12.5 Å². The van der Waals surface area contributed by atoms with Gasteiger partial charge in [-0.2, -0.15) is 4.39 Å². The van der Waals surface area contributed by atoms with Crippen LogP contribution in [-0.2, 0) is 0 Å². The van der Waals surface area contributed by atoms with Crippen LogP contribution in [-0.4, -0.2) is 11.0 Å². The highest BCUT2D eigenvalue weighted by Gasteiger charge is 2.26. The molecule has 1 aliphatic carbocycles. The molecule has 1 aromatic rings. The Kier molecular flexibility index (Phi) is 4.35. The van der Waals surface area contributed by atoms with Gasteiger partial charge in [-0.1, -0.05) is 13.3 Å². The highest BCUT2D eigenvalue weighted by molar-refractivity contribution is 5.38. The molecule has 0 aliphatic heterocycles. The molecule has 2 unspecified atom stereocenters. The number of benzene rings is 1. The zero-order valence-corrected chi connectivity index (χ0v) is 11.0. The van der Waals surface area contributed by atoms with Crippen molar-refractivity contribution in [3.8, 4) is 5.75 Å². The van der Waals surface area contributed by atoms with Gasteiger partial charge in [0.1, 0.15) is 11.9 Å². The minimum atomic E-state index is -0.841. The van der Waals surface area contributed by atoms with Crippen LogP contribution in [0.15, 0.2) is 18.2 Å². The first-order chi connectivity index (χ1) is 9.11. The lowest BCUT2D eigenvalue weighted by atomic mass is 9.85. The first-order valence-electron chi connectivity index (χ1n) is 6.72. The van der Waals surface area contributed by atoms with E-state index in [2.05, 4.69) is 6.92 Å². The average molecular weight is 267 g/mol. The van der Waals surface area contributed by atoms with E-state index in [1.807, 2.05) is 0 Å². The summed E-state index contributed by atoms with van der Waals surface area (Å²) in [6.45, 7) is 2.13. The Morgan fingerprint density at radius 2 is 2.16 bits per heavy atom. The molecule has 19 heavy (non-hydrogen) atoms. The van der Waals surface area contributed by atoms with Gasteiger partial charge < -0.3 is 4.74 Å². The Labute approximate surface area is 111 Å². The molecule has 0 aromatic heterocycles. The van der Waals surface area contributed by atoms with E-state index in [0.29, 0.717) is 11.7 Å². The second-order valence-corrected chi connectivity index (χ2v) is 4.98. The predicted octanol–water partition coefficient (Wildman–Crippen LogP) is 4.08. The first-order valence-corrected chi connectivity index (χ1v) is 6.72. The SMILES string of the molecule is CCC1CCCCC1Oc1ccc([N+](=O)[O-])c(F)c1. The van der Waals surface area contributed by atoms with Crippen LogP contribution in [0.2, 0.25) is 0 Å². The number of rotatable bonds is 4. The molecule has 1 saturated carbocycles. The van der Waals surface area contributed by atoms with Gasteiger partial charge >= 0.3 is 5.69 Å². The number of hydrogen-bond donors (Lipinski definition) is 0. The normalized spacial score (nSPS) is 23.1. The third-order valence-corrected chi connectivity index (χ3v) is 3.77. The maximum Gasteiger partial charge on any atom is 0.305 e. The first kappa shape index (κ1) is 13.8. The van der Waals surface area contributed by atoms with Gasteiger partial charge in [0.15, 0.2) is 0 Å². The lowest BCUT2D eigenvalue weighted by Gasteiger charge is -2.31. The third-order valence-electron chi connectivity index (χ3n) is 3.77. The maximum atomic E-state index is 13.5. The van der Waals surface area contributed by atoms with Gasteiger partial charge in [0.2, 0.25) is 5.82 Å². The number of nitro groups is 1. The quantitative estimate of drug-likeness (QED) is 0.610. The fourth-order valence-corrected chi connectivity index (χ4v) is 2.68. The van der Waals surface area contributed by atoms with E-state index in [9.17, 15) is 14.5 Å². The fraction of sp³-hybridized carbons (Fsp3) is 0.571. The van der Waals surface area contributed by atoms with Gasteiger partial charge in [-0.25, -0.2) is 0 Å². The van der Waals surface area contributed by atoms with Gasteiger partial charge in [-0.15, -0.1) is 0 Å². The molecule has 1 aromatic carbocycles. The van der Waals surface area contributed by atoms with E-state index in [4.69, 9.17) is 4.74 Å². The maximum absolute atomic E-state index is 13.5. The van der Waals surface area contributed by atoms with Crippen molar-refractivity contribution in [3.05, 3.63) is 34.1 Å². The van der Waals surface area contributed by atoms with Crippen molar-refractivity contribution in [2.24, 2.45) is 5.92 Å². The highest BCUT2D eigenvalue weighted by Crippen LogP contribution is 2.31. The van der Waals surface area contributed by atoms with E-state index in [1.54, 1.807) is 0 Å². The van der Waals surface area contributed by atoms with Crippen molar-refractivity contribution in [2.75, 3.05) is 0 Å². The molecule has 4 nitrogen and oxygen atoms in total. The Balaban J connectivity index is 2.10. The molecule has 0 bridgehead atoms. The molecule has 0 spiro atoms. The van der Waals surface area contributed by atoms with E-state index in [0.717, 1.165) is 37.8 Å². The van der Waals surface area contributed by atoms with E-state index < -0.39 is 16.4 Å². The predicted molar refractivity (Wildman–Crippen MR) is 69.7 cm³/mol. The van der Waals surface area contributed by atoms with Crippen LogP contribution in [0.5, 0.6) is 5.75 Å². The Morgan fingerprint density at radius 3 is 2.79 bits per heavy atom. The summed E-state index contributed by atoms with van der Waals surface area (Å²) in [7, 11) is 0. The van der Waals surface area contributed by atoms with Crippen LogP contribution in [0.25, 0.3) is 0 Å². The third kappa shape index (κ3) is 3.22. The van der Waals surface area contributed by atoms with Crippen LogP contribution in [0, 0.1) is 21.8 Å². The van der Waals surface area contributed by atoms with Gasteiger partial charge in [0.05, 0.1) is 4.92 Å². The molecule has 104 valence electrons. The molecule has 1 aliphatic rings. The van der Waals surface area contributed by atoms with Crippen molar-refractivity contribution >= 4 is 5.69 Å².